The Morgan fingerprint density at radius 3 is 2.52 bits per heavy atom. The average Bonchev–Trinajstić information content (AvgIpc) is 3.43. The molecule has 33 heavy (non-hydrogen) atoms. The molecular weight excluding hydrogens is 438 g/mol. The van der Waals surface area contributed by atoms with E-state index in [1.165, 1.54) is 32.5 Å². The van der Waals surface area contributed by atoms with Gasteiger partial charge in [-0.25, -0.2) is 22.2 Å². The summed E-state index contributed by atoms with van der Waals surface area (Å²) in [6, 6.07) is 7.46. The number of rotatable bonds is 3. The molecule has 0 radical (unpaired) electrons. The Kier molecular flexibility index (Phi) is 4.99. The zero-order valence-electron chi connectivity index (χ0n) is 17.4. The summed E-state index contributed by atoms with van der Waals surface area (Å²) in [6.45, 7) is 0.412. The summed E-state index contributed by atoms with van der Waals surface area (Å²) in [7, 11) is 1.61. The molecule has 1 aliphatic rings. The number of benzene rings is 2. The highest BCUT2D eigenvalue weighted by molar-refractivity contribution is 5.98. The van der Waals surface area contributed by atoms with Crippen molar-refractivity contribution < 1.29 is 22.4 Å². The quantitative estimate of drug-likeness (QED) is 0.346. The molecule has 0 bridgehead atoms. The van der Waals surface area contributed by atoms with Crippen LogP contribution in [0.15, 0.2) is 48.8 Å². The smallest absolute Gasteiger partial charge is 0.256 e. The third kappa shape index (κ3) is 3.57. The summed E-state index contributed by atoms with van der Waals surface area (Å²) >= 11 is 0. The van der Waals surface area contributed by atoms with Gasteiger partial charge in [-0.05, 0) is 42.8 Å². The fraction of sp³-hybridized carbons (Fsp3) is 0.174. The van der Waals surface area contributed by atoms with E-state index in [-0.39, 0.29) is 24.2 Å². The van der Waals surface area contributed by atoms with Gasteiger partial charge in [0.05, 0.1) is 29.2 Å². The SMILES string of the molecule is Cn1nc2c(c1-c1cc(F)c(F)c(F)c1)CCN(C(=O)c1cc(F)ccc1-n1cccn1)C2. The van der Waals surface area contributed by atoms with Gasteiger partial charge in [-0.1, -0.05) is 0 Å². The molecule has 4 aromatic rings. The maximum atomic E-state index is 14.0. The molecule has 0 atom stereocenters. The lowest BCUT2D eigenvalue weighted by molar-refractivity contribution is 0.0731. The molecule has 5 rings (SSSR count). The number of fused-ring (bicyclic) bond motifs is 1. The number of nitrogens with zero attached hydrogens (tertiary/aromatic N) is 5. The Labute approximate surface area is 185 Å². The van der Waals surface area contributed by atoms with E-state index in [2.05, 4.69) is 10.2 Å². The molecule has 0 fully saturated rings. The van der Waals surface area contributed by atoms with Gasteiger partial charge >= 0.3 is 0 Å². The lowest BCUT2D eigenvalue weighted by atomic mass is 9.99. The van der Waals surface area contributed by atoms with Crippen molar-refractivity contribution >= 4 is 5.91 Å². The van der Waals surface area contributed by atoms with Crippen molar-refractivity contribution in [1.82, 2.24) is 24.5 Å². The summed E-state index contributed by atoms with van der Waals surface area (Å²) in [6.07, 6.45) is 3.57. The predicted molar refractivity (Wildman–Crippen MR) is 110 cm³/mol. The molecule has 0 saturated carbocycles. The van der Waals surface area contributed by atoms with Gasteiger partial charge in [0.15, 0.2) is 17.5 Å². The second kappa shape index (κ2) is 7.88. The third-order valence-electron chi connectivity index (χ3n) is 5.69. The van der Waals surface area contributed by atoms with Gasteiger partial charge in [0.25, 0.3) is 5.91 Å². The van der Waals surface area contributed by atoms with Crippen molar-refractivity contribution in [2.75, 3.05) is 6.54 Å². The van der Waals surface area contributed by atoms with Gasteiger partial charge in [0.2, 0.25) is 0 Å². The second-order valence-corrected chi connectivity index (χ2v) is 7.74. The lowest BCUT2D eigenvalue weighted by Crippen LogP contribution is -2.36. The first-order chi connectivity index (χ1) is 15.8. The molecule has 6 nitrogen and oxygen atoms in total. The third-order valence-corrected chi connectivity index (χ3v) is 5.69. The first kappa shape index (κ1) is 20.9. The molecular formula is C23H17F4N5O. The summed E-state index contributed by atoms with van der Waals surface area (Å²) in [5, 5.41) is 8.55. The molecule has 2 aromatic carbocycles. The van der Waals surface area contributed by atoms with Gasteiger partial charge in [-0.15, -0.1) is 0 Å². The molecule has 0 spiro atoms. The van der Waals surface area contributed by atoms with Gasteiger partial charge in [-0.2, -0.15) is 10.2 Å². The Bertz CT molecular complexity index is 1360. The summed E-state index contributed by atoms with van der Waals surface area (Å²) in [4.78, 5) is 14.8. The first-order valence-corrected chi connectivity index (χ1v) is 10.1. The molecule has 3 heterocycles. The number of halogens is 4. The molecule has 0 saturated heterocycles. The van der Waals surface area contributed by atoms with Crippen LogP contribution >= 0.6 is 0 Å². The van der Waals surface area contributed by atoms with Crippen LogP contribution in [0, 0.1) is 23.3 Å². The standard InChI is InChI=1S/C23H17F4N5O/c1-30-22(13-9-17(25)21(27)18(26)10-13)15-5-8-31(12-19(15)29-30)23(33)16-11-14(24)3-4-20(16)32-7-2-6-28-32/h2-4,6-7,9-11H,5,8,12H2,1H3. The summed E-state index contributed by atoms with van der Waals surface area (Å²) in [5.74, 6) is -5.05. The molecule has 1 aliphatic heterocycles. The lowest BCUT2D eigenvalue weighted by Gasteiger charge is -2.27. The van der Waals surface area contributed by atoms with Gasteiger partial charge < -0.3 is 4.90 Å². The van der Waals surface area contributed by atoms with E-state index in [1.54, 1.807) is 25.5 Å². The van der Waals surface area contributed by atoms with E-state index in [0.717, 1.165) is 17.7 Å². The molecule has 1 amide bonds. The Balaban J connectivity index is 1.49. The van der Waals surface area contributed by atoms with E-state index in [9.17, 15) is 22.4 Å². The van der Waals surface area contributed by atoms with Crippen LogP contribution < -0.4 is 0 Å². The minimum Gasteiger partial charge on any atom is -0.332 e. The fourth-order valence-electron chi connectivity index (χ4n) is 4.21. The number of carbonyl (C=O) groups is 1. The number of aryl methyl sites for hydroxylation is 1. The molecule has 10 heteroatoms. The molecule has 168 valence electrons. The molecule has 2 aromatic heterocycles. The van der Waals surface area contributed by atoms with Gasteiger partial charge in [-0.3, -0.25) is 9.48 Å². The maximum absolute atomic E-state index is 14.0. The molecule has 0 unspecified atom stereocenters. The van der Waals surface area contributed by atoms with Gasteiger partial charge in [0.1, 0.15) is 5.82 Å². The van der Waals surface area contributed by atoms with Crippen molar-refractivity contribution in [1.29, 1.82) is 0 Å². The Morgan fingerprint density at radius 2 is 1.82 bits per heavy atom. The van der Waals surface area contributed by atoms with E-state index < -0.39 is 29.2 Å². The topological polar surface area (TPSA) is 56.0 Å². The van der Waals surface area contributed by atoms with Crippen molar-refractivity contribution in [2.45, 2.75) is 13.0 Å². The zero-order valence-corrected chi connectivity index (χ0v) is 17.4. The number of amides is 1. The average molecular weight is 455 g/mol. The van der Waals surface area contributed by atoms with Crippen LogP contribution in [0.4, 0.5) is 17.6 Å². The Hall–Kier alpha value is -3.95. The minimum atomic E-state index is -1.53. The highest BCUT2D eigenvalue weighted by Crippen LogP contribution is 2.32. The van der Waals surface area contributed by atoms with Crippen LogP contribution in [0.2, 0.25) is 0 Å². The normalized spacial score (nSPS) is 13.3. The maximum Gasteiger partial charge on any atom is 0.256 e. The monoisotopic (exact) mass is 455 g/mol. The summed E-state index contributed by atoms with van der Waals surface area (Å²) < 4.78 is 57.9. The number of hydrogen-bond donors (Lipinski definition) is 0. The highest BCUT2D eigenvalue weighted by Gasteiger charge is 2.29. The molecule has 0 aliphatic carbocycles. The van der Waals surface area contributed by atoms with Crippen LogP contribution in [-0.2, 0) is 20.0 Å². The van der Waals surface area contributed by atoms with E-state index >= 15 is 0 Å². The van der Waals surface area contributed by atoms with Crippen molar-refractivity contribution in [3.63, 3.8) is 0 Å². The largest absolute Gasteiger partial charge is 0.332 e. The number of aromatic nitrogens is 4. The minimum absolute atomic E-state index is 0.128. The van der Waals surface area contributed by atoms with E-state index in [1.807, 2.05) is 0 Å². The van der Waals surface area contributed by atoms with Gasteiger partial charge in [0, 0.05) is 37.1 Å². The fourth-order valence-corrected chi connectivity index (χ4v) is 4.21. The van der Waals surface area contributed by atoms with Crippen LogP contribution in [0.25, 0.3) is 16.9 Å². The van der Waals surface area contributed by atoms with Crippen LogP contribution in [0.5, 0.6) is 0 Å². The number of hydrogen-bond acceptors (Lipinski definition) is 3. The second-order valence-electron chi connectivity index (χ2n) is 7.74. The van der Waals surface area contributed by atoms with Crippen LogP contribution in [0.3, 0.4) is 0 Å². The highest BCUT2D eigenvalue weighted by atomic mass is 19.2. The first-order valence-electron chi connectivity index (χ1n) is 10.1. The summed E-state index contributed by atoms with van der Waals surface area (Å²) in [5.41, 5.74) is 2.48. The van der Waals surface area contributed by atoms with Crippen LogP contribution in [-0.4, -0.2) is 36.9 Å². The molecule has 0 N–H and O–H groups in total. The predicted octanol–water partition coefficient (Wildman–Crippen LogP) is 4.03. The number of carbonyl (C=O) groups excluding carboxylic acids is 1. The van der Waals surface area contributed by atoms with E-state index in [4.69, 9.17) is 0 Å². The van der Waals surface area contributed by atoms with E-state index in [0.29, 0.717) is 23.5 Å². The Morgan fingerprint density at radius 1 is 1.06 bits per heavy atom. The van der Waals surface area contributed by atoms with Crippen molar-refractivity contribution in [2.24, 2.45) is 7.05 Å². The zero-order chi connectivity index (χ0) is 23.3. The van der Waals surface area contributed by atoms with Crippen LogP contribution in [0.1, 0.15) is 21.6 Å². The van der Waals surface area contributed by atoms with Crippen molar-refractivity contribution in [3.05, 3.63) is 88.9 Å². The van der Waals surface area contributed by atoms with Crippen molar-refractivity contribution in [3.8, 4) is 16.9 Å².